The van der Waals surface area contributed by atoms with Crippen LogP contribution in [0.2, 0.25) is 0 Å². The van der Waals surface area contributed by atoms with E-state index in [4.69, 9.17) is 4.74 Å². The lowest BCUT2D eigenvalue weighted by atomic mass is 10.2. The van der Waals surface area contributed by atoms with Gasteiger partial charge in [0.25, 0.3) is 0 Å². The number of esters is 1. The summed E-state index contributed by atoms with van der Waals surface area (Å²) in [5.74, 6) is 0.132. The van der Waals surface area contributed by atoms with Crippen LogP contribution < -0.4 is 5.32 Å². The molecule has 0 bridgehead atoms. The van der Waals surface area contributed by atoms with Crippen molar-refractivity contribution in [3.05, 3.63) is 48.0 Å². The number of sulfonamides is 1. The molecule has 0 spiro atoms. The molecule has 1 fully saturated rings. The normalized spacial score (nSPS) is 18.6. The van der Waals surface area contributed by atoms with Crippen molar-refractivity contribution in [2.75, 3.05) is 26.2 Å². The molecule has 1 aromatic carbocycles. The lowest BCUT2D eigenvalue weighted by molar-refractivity contribution is 0.0526. The number of carbonyl (C=O) groups is 1. The SMILES string of the molecule is CCOC(=O)c1cccc(S(=O)(=O)N2CCNCC2c2nccn2C)c1. The number of carbonyl (C=O) groups excluding carboxylic acids is 1. The maximum atomic E-state index is 13.2. The van der Waals surface area contributed by atoms with Crippen LogP contribution in [0.15, 0.2) is 41.6 Å². The van der Waals surface area contributed by atoms with Gasteiger partial charge in [-0.15, -0.1) is 0 Å². The summed E-state index contributed by atoms with van der Waals surface area (Å²) in [5.41, 5.74) is 0.219. The van der Waals surface area contributed by atoms with Gasteiger partial charge in [-0.05, 0) is 25.1 Å². The summed E-state index contributed by atoms with van der Waals surface area (Å²) in [6.07, 6.45) is 3.44. The van der Waals surface area contributed by atoms with Crippen molar-refractivity contribution in [2.24, 2.45) is 7.05 Å². The fraction of sp³-hybridized carbons (Fsp3) is 0.412. The topological polar surface area (TPSA) is 93.5 Å². The highest BCUT2D eigenvalue weighted by Crippen LogP contribution is 2.28. The zero-order valence-electron chi connectivity index (χ0n) is 14.8. The first-order chi connectivity index (χ1) is 12.4. The van der Waals surface area contributed by atoms with Gasteiger partial charge in [0.15, 0.2) is 0 Å². The van der Waals surface area contributed by atoms with Crippen molar-refractivity contribution in [1.29, 1.82) is 0 Å². The van der Waals surface area contributed by atoms with E-state index >= 15 is 0 Å². The number of aryl methyl sites for hydroxylation is 1. The number of nitrogens with one attached hydrogen (secondary N) is 1. The molecule has 3 rings (SSSR count). The number of piperazine rings is 1. The monoisotopic (exact) mass is 378 g/mol. The number of rotatable bonds is 5. The number of hydrogen-bond acceptors (Lipinski definition) is 6. The molecule has 0 saturated carbocycles. The number of aromatic nitrogens is 2. The van der Waals surface area contributed by atoms with E-state index in [0.29, 0.717) is 25.5 Å². The second-order valence-electron chi connectivity index (χ2n) is 5.98. The number of benzene rings is 1. The van der Waals surface area contributed by atoms with E-state index in [0.717, 1.165) is 0 Å². The highest BCUT2D eigenvalue weighted by atomic mass is 32.2. The van der Waals surface area contributed by atoms with Crippen LogP contribution in [0.5, 0.6) is 0 Å². The van der Waals surface area contributed by atoms with Crippen LogP contribution in [-0.4, -0.2) is 54.5 Å². The summed E-state index contributed by atoms with van der Waals surface area (Å²) in [4.78, 5) is 16.3. The molecule has 1 aliphatic heterocycles. The fourth-order valence-corrected chi connectivity index (χ4v) is 4.66. The van der Waals surface area contributed by atoms with Crippen molar-refractivity contribution in [1.82, 2.24) is 19.2 Å². The van der Waals surface area contributed by atoms with Gasteiger partial charge < -0.3 is 14.6 Å². The molecule has 1 unspecified atom stereocenters. The third-order valence-corrected chi connectivity index (χ3v) is 6.21. The van der Waals surface area contributed by atoms with E-state index < -0.39 is 22.0 Å². The maximum absolute atomic E-state index is 13.2. The average Bonchev–Trinajstić information content (AvgIpc) is 3.08. The quantitative estimate of drug-likeness (QED) is 0.778. The largest absolute Gasteiger partial charge is 0.462 e. The first-order valence-corrected chi connectivity index (χ1v) is 9.86. The van der Waals surface area contributed by atoms with Gasteiger partial charge in [0.1, 0.15) is 5.82 Å². The Morgan fingerprint density at radius 3 is 2.92 bits per heavy atom. The second-order valence-corrected chi connectivity index (χ2v) is 7.87. The minimum absolute atomic E-state index is 0.0733. The summed E-state index contributed by atoms with van der Waals surface area (Å²) >= 11 is 0. The van der Waals surface area contributed by atoms with Crippen molar-refractivity contribution in [3.63, 3.8) is 0 Å². The molecule has 9 heteroatoms. The maximum Gasteiger partial charge on any atom is 0.338 e. The van der Waals surface area contributed by atoms with Crippen LogP contribution in [-0.2, 0) is 21.8 Å². The Labute approximate surface area is 152 Å². The first-order valence-electron chi connectivity index (χ1n) is 8.42. The predicted molar refractivity (Wildman–Crippen MR) is 95.1 cm³/mol. The van der Waals surface area contributed by atoms with Crippen LogP contribution in [0, 0.1) is 0 Å². The highest BCUT2D eigenvalue weighted by molar-refractivity contribution is 7.89. The average molecular weight is 378 g/mol. The molecule has 2 aromatic rings. The fourth-order valence-electron chi connectivity index (χ4n) is 3.03. The van der Waals surface area contributed by atoms with Crippen molar-refractivity contribution in [3.8, 4) is 0 Å². The number of nitrogens with zero attached hydrogens (tertiary/aromatic N) is 3. The number of ether oxygens (including phenoxy) is 1. The van der Waals surface area contributed by atoms with Gasteiger partial charge in [0, 0.05) is 39.1 Å². The van der Waals surface area contributed by atoms with Gasteiger partial charge in [0.2, 0.25) is 10.0 Å². The van der Waals surface area contributed by atoms with Crippen LogP contribution in [0.3, 0.4) is 0 Å². The Hall–Kier alpha value is -2.23. The van der Waals surface area contributed by atoms with E-state index in [1.807, 2.05) is 11.6 Å². The minimum atomic E-state index is -3.79. The minimum Gasteiger partial charge on any atom is -0.462 e. The van der Waals surface area contributed by atoms with Crippen LogP contribution >= 0.6 is 0 Å². The van der Waals surface area contributed by atoms with Gasteiger partial charge in [-0.2, -0.15) is 4.31 Å². The number of imidazole rings is 1. The van der Waals surface area contributed by atoms with Crippen molar-refractivity contribution >= 4 is 16.0 Å². The van der Waals surface area contributed by atoms with Crippen molar-refractivity contribution < 1.29 is 17.9 Å². The zero-order valence-corrected chi connectivity index (χ0v) is 15.6. The molecular formula is C17H22N4O4S. The molecule has 26 heavy (non-hydrogen) atoms. The van der Waals surface area contributed by atoms with Crippen LogP contribution in [0.4, 0.5) is 0 Å². The molecule has 2 heterocycles. The molecule has 1 atom stereocenters. The van der Waals surface area contributed by atoms with E-state index in [1.165, 1.54) is 16.4 Å². The molecule has 0 radical (unpaired) electrons. The Balaban J connectivity index is 1.97. The van der Waals surface area contributed by atoms with Gasteiger partial charge in [-0.3, -0.25) is 0 Å². The number of hydrogen-bond donors (Lipinski definition) is 1. The molecular weight excluding hydrogens is 356 g/mol. The Bertz CT molecular complexity index is 894. The molecule has 8 nitrogen and oxygen atoms in total. The lowest BCUT2D eigenvalue weighted by Gasteiger charge is -2.34. The van der Waals surface area contributed by atoms with E-state index in [2.05, 4.69) is 10.3 Å². The summed E-state index contributed by atoms with van der Waals surface area (Å²) in [5, 5.41) is 3.22. The van der Waals surface area contributed by atoms with Gasteiger partial charge in [-0.1, -0.05) is 6.07 Å². The van der Waals surface area contributed by atoms with Gasteiger partial charge in [-0.25, -0.2) is 18.2 Å². The van der Waals surface area contributed by atoms with Crippen molar-refractivity contribution in [2.45, 2.75) is 17.9 Å². The molecule has 1 saturated heterocycles. The Morgan fingerprint density at radius 1 is 1.42 bits per heavy atom. The Morgan fingerprint density at radius 2 is 2.23 bits per heavy atom. The van der Waals surface area contributed by atoms with E-state index in [9.17, 15) is 13.2 Å². The van der Waals surface area contributed by atoms with E-state index in [-0.39, 0.29) is 17.1 Å². The molecule has 0 amide bonds. The molecule has 0 aliphatic carbocycles. The standard InChI is InChI=1S/C17H22N4O4S/c1-3-25-17(22)13-5-4-6-14(11-13)26(23,24)21-10-7-18-12-15(21)16-19-8-9-20(16)2/h4-6,8-9,11,15,18H,3,7,10,12H2,1-2H3. The van der Waals surface area contributed by atoms with E-state index in [1.54, 1.807) is 31.5 Å². The smallest absolute Gasteiger partial charge is 0.338 e. The predicted octanol–water partition coefficient (Wildman–Crippen LogP) is 0.932. The molecule has 1 aliphatic rings. The lowest BCUT2D eigenvalue weighted by Crippen LogP contribution is -2.49. The van der Waals surface area contributed by atoms with Crippen LogP contribution in [0.25, 0.3) is 0 Å². The molecule has 1 N–H and O–H groups in total. The van der Waals surface area contributed by atoms with Gasteiger partial charge in [0.05, 0.1) is 23.1 Å². The zero-order chi connectivity index (χ0) is 18.7. The molecule has 1 aromatic heterocycles. The molecule has 140 valence electrons. The highest BCUT2D eigenvalue weighted by Gasteiger charge is 2.36. The summed E-state index contributed by atoms with van der Waals surface area (Å²) < 4.78 is 34.7. The Kier molecular flexibility index (Phi) is 5.40. The third-order valence-electron chi connectivity index (χ3n) is 4.30. The van der Waals surface area contributed by atoms with Crippen LogP contribution in [0.1, 0.15) is 29.1 Å². The van der Waals surface area contributed by atoms with Gasteiger partial charge >= 0.3 is 5.97 Å². The summed E-state index contributed by atoms with van der Waals surface area (Å²) in [7, 11) is -1.96. The summed E-state index contributed by atoms with van der Waals surface area (Å²) in [6.45, 7) is 3.29. The second kappa shape index (κ2) is 7.56. The first kappa shape index (κ1) is 18.6. The summed E-state index contributed by atoms with van der Waals surface area (Å²) in [6, 6.07) is 5.54. The third kappa shape index (κ3) is 3.50.